The van der Waals surface area contributed by atoms with Gasteiger partial charge >= 0.3 is 12.2 Å². The van der Waals surface area contributed by atoms with Gasteiger partial charge in [0.25, 0.3) is 0 Å². The van der Waals surface area contributed by atoms with Crippen LogP contribution in [0.3, 0.4) is 0 Å². The molecule has 0 heterocycles. The maximum absolute atomic E-state index is 12.5. The third-order valence-corrected chi connectivity index (χ3v) is 2.95. The van der Waals surface area contributed by atoms with Crippen LogP contribution >= 0.6 is 15.9 Å². The SMILES string of the molecule is CCCC.CNC(=O)Nc1ccc(Br)c(C(F)(F)F)c1. The Hall–Kier alpha value is -1.24. The lowest BCUT2D eigenvalue weighted by Crippen LogP contribution is -2.24. The van der Waals surface area contributed by atoms with Crippen LogP contribution in [-0.2, 0) is 6.18 Å². The molecule has 0 saturated carbocycles. The number of nitrogens with one attached hydrogen (secondary N) is 2. The number of carbonyl (C=O) groups is 1. The van der Waals surface area contributed by atoms with Gasteiger partial charge in [0.05, 0.1) is 5.56 Å². The minimum Gasteiger partial charge on any atom is -0.341 e. The number of anilines is 1. The summed E-state index contributed by atoms with van der Waals surface area (Å²) < 4.78 is 37.4. The fraction of sp³-hybridized carbons (Fsp3) is 0.462. The van der Waals surface area contributed by atoms with Crippen LogP contribution in [0.2, 0.25) is 0 Å². The molecule has 0 aliphatic carbocycles. The average Bonchev–Trinajstić information content (AvgIpc) is 2.39. The number of urea groups is 1. The van der Waals surface area contributed by atoms with Crippen LogP contribution in [0.4, 0.5) is 23.7 Å². The highest BCUT2D eigenvalue weighted by molar-refractivity contribution is 9.10. The number of unbranched alkanes of at least 4 members (excludes halogenated alkanes) is 1. The molecular formula is C13H18BrF3N2O. The number of hydrogen-bond donors (Lipinski definition) is 2. The number of rotatable bonds is 2. The summed E-state index contributed by atoms with van der Waals surface area (Å²) in [6, 6.07) is 2.89. The predicted octanol–water partition coefficient (Wildman–Crippen LogP) is 5.03. The summed E-state index contributed by atoms with van der Waals surface area (Å²) >= 11 is 2.80. The zero-order valence-electron chi connectivity index (χ0n) is 11.6. The Balaban J connectivity index is 0.000000796. The second-order valence-corrected chi connectivity index (χ2v) is 4.75. The zero-order valence-corrected chi connectivity index (χ0v) is 13.2. The lowest BCUT2D eigenvalue weighted by Gasteiger charge is -2.11. The van der Waals surface area contributed by atoms with E-state index in [1.807, 2.05) is 0 Å². The molecule has 1 aromatic carbocycles. The number of halogens is 4. The van der Waals surface area contributed by atoms with Crippen molar-refractivity contribution in [2.75, 3.05) is 12.4 Å². The van der Waals surface area contributed by atoms with Gasteiger partial charge in [0.1, 0.15) is 0 Å². The van der Waals surface area contributed by atoms with Crippen LogP contribution in [-0.4, -0.2) is 13.1 Å². The number of carbonyl (C=O) groups excluding carboxylic acids is 1. The van der Waals surface area contributed by atoms with Crippen LogP contribution in [0.1, 0.15) is 32.3 Å². The van der Waals surface area contributed by atoms with Gasteiger partial charge < -0.3 is 10.6 Å². The summed E-state index contributed by atoms with van der Waals surface area (Å²) in [5, 5.41) is 4.50. The molecule has 114 valence electrons. The van der Waals surface area contributed by atoms with Crippen LogP contribution in [0, 0.1) is 0 Å². The molecule has 2 N–H and O–H groups in total. The summed E-state index contributed by atoms with van der Waals surface area (Å²) in [4.78, 5) is 10.9. The van der Waals surface area contributed by atoms with Crippen molar-refractivity contribution in [1.29, 1.82) is 0 Å². The molecule has 0 fully saturated rings. The maximum atomic E-state index is 12.5. The molecule has 0 aromatic heterocycles. The molecular weight excluding hydrogens is 337 g/mol. The lowest BCUT2D eigenvalue weighted by molar-refractivity contribution is -0.138. The molecule has 0 unspecified atom stereocenters. The number of benzene rings is 1. The van der Waals surface area contributed by atoms with Gasteiger partial charge in [0, 0.05) is 17.2 Å². The standard InChI is InChI=1S/C9H8BrF3N2O.C4H10/c1-14-8(16)15-5-2-3-7(10)6(4-5)9(11,12)13;1-3-4-2/h2-4H,1H3,(H2,14,15,16);3-4H2,1-2H3. The van der Waals surface area contributed by atoms with Crippen molar-refractivity contribution in [3.63, 3.8) is 0 Å². The van der Waals surface area contributed by atoms with Gasteiger partial charge in [-0.3, -0.25) is 0 Å². The molecule has 0 aliphatic heterocycles. The average molecular weight is 355 g/mol. The molecule has 0 radical (unpaired) electrons. The van der Waals surface area contributed by atoms with Crippen molar-refractivity contribution >= 4 is 27.6 Å². The van der Waals surface area contributed by atoms with E-state index in [1.165, 1.54) is 32.0 Å². The first-order valence-electron chi connectivity index (χ1n) is 6.11. The highest BCUT2D eigenvalue weighted by atomic mass is 79.9. The van der Waals surface area contributed by atoms with Gasteiger partial charge in [-0.05, 0) is 18.2 Å². The fourth-order valence-electron chi connectivity index (χ4n) is 1.01. The van der Waals surface area contributed by atoms with Gasteiger partial charge in [-0.1, -0.05) is 42.6 Å². The van der Waals surface area contributed by atoms with E-state index in [0.29, 0.717) is 0 Å². The van der Waals surface area contributed by atoms with E-state index in [-0.39, 0.29) is 10.2 Å². The van der Waals surface area contributed by atoms with Crippen molar-refractivity contribution in [2.45, 2.75) is 32.9 Å². The Kier molecular flexibility index (Phi) is 8.29. The first-order valence-corrected chi connectivity index (χ1v) is 6.91. The quantitative estimate of drug-likeness (QED) is 0.768. The third-order valence-electron chi connectivity index (χ3n) is 2.26. The largest absolute Gasteiger partial charge is 0.417 e. The van der Waals surface area contributed by atoms with Gasteiger partial charge in [0.2, 0.25) is 0 Å². The third kappa shape index (κ3) is 6.79. The van der Waals surface area contributed by atoms with Gasteiger partial charge in [-0.2, -0.15) is 13.2 Å². The highest BCUT2D eigenvalue weighted by Gasteiger charge is 2.33. The van der Waals surface area contributed by atoms with E-state index in [2.05, 4.69) is 40.4 Å². The Labute approximate surface area is 125 Å². The van der Waals surface area contributed by atoms with Crippen LogP contribution in [0.15, 0.2) is 22.7 Å². The summed E-state index contributed by atoms with van der Waals surface area (Å²) in [6.07, 6.45) is -1.82. The summed E-state index contributed by atoms with van der Waals surface area (Å²) in [6.45, 7) is 4.36. The topological polar surface area (TPSA) is 41.1 Å². The monoisotopic (exact) mass is 354 g/mol. The number of hydrogen-bond acceptors (Lipinski definition) is 1. The molecule has 20 heavy (non-hydrogen) atoms. The van der Waals surface area contributed by atoms with E-state index in [4.69, 9.17) is 0 Å². The van der Waals surface area contributed by atoms with Crippen LogP contribution < -0.4 is 10.6 Å². The van der Waals surface area contributed by atoms with E-state index in [0.717, 1.165) is 6.07 Å². The van der Waals surface area contributed by atoms with E-state index in [9.17, 15) is 18.0 Å². The summed E-state index contributed by atoms with van der Waals surface area (Å²) in [7, 11) is 1.37. The second-order valence-electron chi connectivity index (χ2n) is 3.90. The predicted molar refractivity (Wildman–Crippen MR) is 77.8 cm³/mol. The number of alkyl halides is 3. The van der Waals surface area contributed by atoms with Crippen molar-refractivity contribution < 1.29 is 18.0 Å². The van der Waals surface area contributed by atoms with Crippen molar-refractivity contribution in [2.24, 2.45) is 0 Å². The molecule has 0 spiro atoms. The van der Waals surface area contributed by atoms with Gasteiger partial charge in [0.15, 0.2) is 0 Å². The Morgan fingerprint density at radius 2 is 1.80 bits per heavy atom. The molecule has 0 atom stereocenters. The Morgan fingerprint density at radius 1 is 1.25 bits per heavy atom. The van der Waals surface area contributed by atoms with E-state index in [1.54, 1.807) is 0 Å². The van der Waals surface area contributed by atoms with E-state index >= 15 is 0 Å². The van der Waals surface area contributed by atoms with Crippen molar-refractivity contribution in [3.8, 4) is 0 Å². The molecule has 0 aliphatic rings. The first kappa shape index (κ1) is 18.8. The van der Waals surface area contributed by atoms with Gasteiger partial charge in [-0.15, -0.1) is 0 Å². The molecule has 1 aromatic rings. The molecule has 7 heteroatoms. The lowest BCUT2D eigenvalue weighted by atomic mass is 10.2. The molecule has 0 saturated heterocycles. The van der Waals surface area contributed by atoms with E-state index < -0.39 is 17.8 Å². The zero-order chi connectivity index (χ0) is 15.8. The smallest absolute Gasteiger partial charge is 0.341 e. The summed E-state index contributed by atoms with van der Waals surface area (Å²) in [5.41, 5.74) is -0.753. The normalized spacial score (nSPS) is 10.3. The minimum absolute atomic E-state index is 0.0672. The second kappa shape index (κ2) is 8.84. The Bertz CT molecular complexity index is 434. The van der Waals surface area contributed by atoms with Crippen LogP contribution in [0.5, 0.6) is 0 Å². The van der Waals surface area contributed by atoms with Crippen LogP contribution in [0.25, 0.3) is 0 Å². The minimum atomic E-state index is -4.46. The number of amides is 2. The Morgan fingerprint density at radius 3 is 2.20 bits per heavy atom. The highest BCUT2D eigenvalue weighted by Crippen LogP contribution is 2.36. The van der Waals surface area contributed by atoms with Gasteiger partial charge in [-0.25, -0.2) is 4.79 Å². The summed E-state index contributed by atoms with van der Waals surface area (Å²) in [5.74, 6) is 0. The first-order chi connectivity index (χ1) is 9.26. The van der Waals surface area contributed by atoms with Crippen molar-refractivity contribution in [3.05, 3.63) is 28.2 Å². The molecule has 3 nitrogen and oxygen atoms in total. The maximum Gasteiger partial charge on any atom is 0.417 e. The molecule has 0 bridgehead atoms. The molecule has 1 rings (SSSR count). The van der Waals surface area contributed by atoms with Crippen molar-refractivity contribution in [1.82, 2.24) is 5.32 Å². The fourth-order valence-corrected chi connectivity index (χ4v) is 1.49. The molecule has 2 amide bonds.